The van der Waals surface area contributed by atoms with Gasteiger partial charge >= 0.3 is 12.1 Å². The van der Waals surface area contributed by atoms with Gasteiger partial charge in [0.2, 0.25) is 0 Å². The van der Waals surface area contributed by atoms with Gasteiger partial charge in [-0.1, -0.05) is 18.0 Å². The lowest BCUT2D eigenvalue weighted by Gasteiger charge is -2.27. The van der Waals surface area contributed by atoms with Gasteiger partial charge in [-0.05, 0) is 50.2 Å². The number of pyridine rings is 1. The summed E-state index contributed by atoms with van der Waals surface area (Å²) in [6.07, 6.45) is -1.33. The second-order valence-corrected chi connectivity index (χ2v) is 7.69. The molecule has 0 aliphatic carbocycles. The number of anilines is 1. The molecule has 0 spiro atoms. The zero-order chi connectivity index (χ0) is 23.4. The van der Waals surface area contributed by atoms with Gasteiger partial charge in [0.05, 0.1) is 11.1 Å². The topological polar surface area (TPSA) is 54.5 Å². The second kappa shape index (κ2) is 9.99. The quantitative estimate of drug-likeness (QED) is 0.422. The Bertz CT molecular complexity index is 949. The minimum Gasteiger partial charge on any atom is -0.492 e. The Morgan fingerprint density at radius 3 is 2.50 bits per heavy atom. The number of ether oxygens (including phenoxy) is 1. The number of nitrogens with zero attached hydrogens (tertiary/aromatic N) is 2. The van der Waals surface area contributed by atoms with E-state index in [0.717, 1.165) is 44.5 Å². The number of nitrogens with one attached hydrogen (secondary N) is 1. The first kappa shape index (κ1) is 24.2. The van der Waals surface area contributed by atoms with E-state index in [9.17, 15) is 26.7 Å². The van der Waals surface area contributed by atoms with Gasteiger partial charge in [0.25, 0.3) is 5.91 Å². The van der Waals surface area contributed by atoms with Crippen molar-refractivity contribution in [2.75, 3.05) is 31.6 Å². The summed E-state index contributed by atoms with van der Waals surface area (Å²) in [4.78, 5) is 18.2. The number of hydrogen-bond acceptors (Lipinski definition) is 4. The Morgan fingerprint density at radius 1 is 1.12 bits per heavy atom. The largest absolute Gasteiger partial charge is 0.492 e. The van der Waals surface area contributed by atoms with Crippen molar-refractivity contribution in [2.45, 2.75) is 31.4 Å². The summed E-state index contributed by atoms with van der Waals surface area (Å²) >= 11 is 5.87. The number of halogens is 6. The lowest BCUT2D eigenvalue weighted by atomic mass is 10.1. The maximum absolute atomic E-state index is 14.1. The van der Waals surface area contributed by atoms with Crippen LogP contribution >= 0.6 is 11.6 Å². The number of carbonyl (C=O) groups excluding carboxylic acids is 1. The van der Waals surface area contributed by atoms with E-state index < -0.39 is 29.3 Å². The molecule has 2 aromatic rings. The van der Waals surface area contributed by atoms with Gasteiger partial charge in [0, 0.05) is 24.5 Å². The summed E-state index contributed by atoms with van der Waals surface area (Å²) in [6.45, 7) is 1.94. The molecule has 3 rings (SSSR count). The maximum atomic E-state index is 14.1. The van der Waals surface area contributed by atoms with Crippen molar-refractivity contribution in [1.29, 1.82) is 0 Å². The molecule has 32 heavy (non-hydrogen) atoms. The highest BCUT2D eigenvalue weighted by Gasteiger charge is 2.60. The number of piperidine rings is 1. The van der Waals surface area contributed by atoms with Crippen LogP contribution in [-0.2, 0) is 5.92 Å². The van der Waals surface area contributed by atoms with E-state index in [2.05, 4.69) is 15.2 Å². The van der Waals surface area contributed by atoms with Gasteiger partial charge in [-0.3, -0.25) is 9.69 Å². The minimum absolute atomic E-state index is 0.0198. The molecule has 0 radical (unpaired) electrons. The van der Waals surface area contributed by atoms with Crippen molar-refractivity contribution in [1.82, 2.24) is 9.88 Å². The van der Waals surface area contributed by atoms with E-state index in [1.807, 2.05) is 0 Å². The van der Waals surface area contributed by atoms with Crippen molar-refractivity contribution in [3.63, 3.8) is 0 Å². The predicted octanol–water partition coefficient (Wildman–Crippen LogP) is 5.51. The molecule has 5 nitrogen and oxygen atoms in total. The van der Waals surface area contributed by atoms with Crippen molar-refractivity contribution >= 4 is 23.2 Å². The zero-order valence-electron chi connectivity index (χ0n) is 16.9. The fraction of sp³-hybridized carbons (Fsp3) is 0.429. The summed E-state index contributed by atoms with van der Waals surface area (Å²) in [5, 5.41) is 2.34. The Labute approximate surface area is 186 Å². The maximum Gasteiger partial charge on any atom is 0.458 e. The first-order chi connectivity index (χ1) is 15.1. The van der Waals surface area contributed by atoms with E-state index in [1.54, 1.807) is 0 Å². The lowest BCUT2D eigenvalue weighted by molar-refractivity contribution is -0.289. The van der Waals surface area contributed by atoms with Gasteiger partial charge in [0.15, 0.2) is 0 Å². The van der Waals surface area contributed by atoms with E-state index in [1.165, 1.54) is 18.3 Å². The average Bonchev–Trinajstić information content (AvgIpc) is 2.74. The summed E-state index contributed by atoms with van der Waals surface area (Å²) < 4.78 is 72.5. The lowest BCUT2D eigenvalue weighted by Crippen LogP contribution is -2.35. The van der Waals surface area contributed by atoms with Crippen LogP contribution in [0.15, 0.2) is 36.5 Å². The van der Waals surface area contributed by atoms with E-state index in [4.69, 9.17) is 16.3 Å². The molecule has 0 atom stereocenters. The molecule has 2 heterocycles. The third-order valence-electron chi connectivity index (χ3n) is 5.05. The molecule has 1 saturated heterocycles. The van der Waals surface area contributed by atoms with Crippen LogP contribution in [0, 0.1) is 0 Å². The van der Waals surface area contributed by atoms with Gasteiger partial charge in [-0.2, -0.15) is 22.0 Å². The van der Waals surface area contributed by atoms with Gasteiger partial charge < -0.3 is 10.1 Å². The highest BCUT2D eigenvalue weighted by Crippen LogP contribution is 2.47. The first-order valence-electron chi connectivity index (χ1n) is 9.95. The van der Waals surface area contributed by atoms with Crippen molar-refractivity contribution in [2.24, 2.45) is 0 Å². The van der Waals surface area contributed by atoms with Crippen molar-refractivity contribution in [3.8, 4) is 5.75 Å². The molecular formula is C21H21ClF5N3O2. The molecule has 0 unspecified atom stereocenters. The molecular weight excluding hydrogens is 457 g/mol. The van der Waals surface area contributed by atoms with Crippen LogP contribution in [0.5, 0.6) is 5.75 Å². The zero-order valence-corrected chi connectivity index (χ0v) is 17.6. The van der Waals surface area contributed by atoms with Gasteiger partial charge in [-0.25, -0.2) is 4.98 Å². The van der Waals surface area contributed by atoms with E-state index in [0.29, 0.717) is 12.6 Å². The molecule has 1 aromatic heterocycles. The molecule has 1 aromatic carbocycles. The van der Waals surface area contributed by atoms with Gasteiger partial charge in [0.1, 0.15) is 17.5 Å². The highest BCUT2D eigenvalue weighted by molar-refractivity contribution is 6.33. The molecule has 1 N–H and O–H groups in total. The summed E-state index contributed by atoms with van der Waals surface area (Å²) in [5.74, 6) is -6.47. The van der Waals surface area contributed by atoms with Gasteiger partial charge in [-0.15, -0.1) is 0 Å². The first-order valence-corrected chi connectivity index (χ1v) is 10.3. The van der Waals surface area contributed by atoms with Crippen LogP contribution in [0.2, 0.25) is 5.15 Å². The molecule has 174 valence electrons. The van der Waals surface area contributed by atoms with Crippen LogP contribution in [0.4, 0.5) is 27.6 Å². The molecule has 1 aliphatic rings. The molecule has 1 amide bonds. The number of hydrogen-bond donors (Lipinski definition) is 1. The highest BCUT2D eigenvalue weighted by atomic mass is 35.5. The fourth-order valence-electron chi connectivity index (χ4n) is 3.35. The van der Waals surface area contributed by atoms with Crippen LogP contribution in [0.1, 0.15) is 35.2 Å². The predicted molar refractivity (Wildman–Crippen MR) is 109 cm³/mol. The smallest absolute Gasteiger partial charge is 0.458 e. The minimum atomic E-state index is -5.80. The van der Waals surface area contributed by atoms with Crippen LogP contribution in [0.3, 0.4) is 0 Å². The normalized spacial score (nSPS) is 15.4. The third kappa shape index (κ3) is 5.66. The Hall–Kier alpha value is -2.46. The number of rotatable bonds is 7. The summed E-state index contributed by atoms with van der Waals surface area (Å²) in [7, 11) is 0. The SMILES string of the molecule is O=C(Nc1ccc(C(F)(F)C(F)(F)F)c(OCCN2CCCCC2)c1)c1cccnc1Cl. The number of likely N-dealkylation sites (tertiary alicyclic amines) is 1. The van der Waals surface area contributed by atoms with Crippen molar-refractivity contribution in [3.05, 3.63) is 52.8 Å². The van der Waals surface area contributed by atoms with E-state index in [-0.39, 0.29) is 23.0 Å². The van der Waals surface area contributed by atoms with Crippen molar-refractivity contribution < 1.29 is 31.5 Å². The van der Waals surface area contributed by atoms with Crippen LogP contribution in [-0.4, -0.2) is 48.2 Å². The number of benzene rings is 1. The molecule has 1 fully saturated rings. The summed E-state index contributed by atoms with van der Waals surface area (Å²) in [6, 6.07) is 5.38. The molecule has 1 aliphatic heterocycles. The molecule has 0 bridgehead atoms. The number of carbonyl (C=O) groups is 1. The van der Waals surface area contributed by atoms with Crippen LogP contribution in [0.25, 0.3) is 0 Å². The average molecular weight is 478 g/mol. The standard InChI is InChI=1S/C21H21ClF5N3O2/c22-18-15(5-4-8-28-18)19(31)29-14-6-7-16(20(23,24)21(25,26)27)17(13-14)32-12-11-30-9-2-1-3-10-30/h4-8,13H,1-3,9-12H2,(H,29,31). The molecule has 11 heteroatoms. The second-order valence-electron chi connectivity index (χ2n) is 7.33. The number of amides is 1. The Morgan fingerprint density at radius 2 is 1.84 bits per heavy atom. The van der Waals surface area contributed by atoms with E-state index >= 15 is 0 Å². The number of aromatic nitrogens is 1. The monoisotopic (exact) mass is 477 g/mol. The van der Waals surface area contributed by atoms with Crippen LogP contribution < -0.4 is 10.1 Å². The summed E-state index contributed by atoms with van der Waals surface area (Å²) in [5.41, 5.74) is -1.32. The fourth-order valence-corrected chi connectivity index (χ4v) is 3.56. The number of alkyl halides is 5. The Kier molecular flexibility index (Phi) is 7.55. The molecule has 0 saturated carbocycles. The third-order valence-corrected chi connectivity index (χ3v) is 5.35. The Balaban J connectivity index is 1.82.